The van der Waals surface area contributed by atoms with Crippen molar-refractivity contribution in [3.8, 4) is 0 Å². The molecule has 3 aromatic rings. The van der Waals surface area contributed by atoms with Gasteiger partial charge in [0.05, 0.1) is 0 Å². The average Bonchev–Trinajstić information content (AvgIpc) is 3.47. The Labute approximate surface area is 171 Å². The largest absolute Gasteiger partial charge is 0.294 e. The van der Waals surface area contributed by atoms with Crippen LogP contribution in [0.15, 0.2) is 91.0 Å². The summed E-state index contributed by atoms with van der Waals surface area (Å²) < 4.78 is 0. The SMILES string of the molecule is Cc1ccc(C(=O)/C=C/[C@H]2[C@@H](C(=O)c3ccc(C)cc3)[C@@H]2c2ccccc2)cc1. The van der Waals surface area contributed by atoms with Crippen LogP contribution in [0.5, 0.6) is 0 Å². The lowest BCUT2D eigenvalue weighted by atomic mass is 10.0. The second-order valence-electron chi connectivity index (χ2n) is 7.86. The lowest BCUT2D eigenvalue weighted by molar-refractivity contribution is 0.0960. The monoisotopic (exact) mass is 380 g/mol. The topological polar surface area (TPSA) is 34.1 Å². The van der Waals surface area contributed by atoms with Gasteiger partial charge in [0.25, 0.3) is 0 Å². The molecule has 144 valence electrons. The molecule has 1 fully saturated rings. The number of aryl methyl sites for hydroxylation is 2. The fraction of sp³-hybridized carbons (Fsp3) is 0.185. The molecule has 2 nitrogen and oxygen atoms in total. The van der Waals surface area contributed by atoms with Gasteiger partial charge in [0.2, 0.25) is 0 Å². The van der Waals surface area contributed by atoms with Crippen LogP contribution in [0.2, 0.25) is 0 Å². The van der Waals surface area contributed by atoms with E-state index in [2.05, 4.69) is 12.1 Å². The summed E-state index contributed by atoms with van der Waals surface area (Å²) in [6.07, 6.45) is 3.56. The normalized spacial score (nSPS) is 20.6. The first kappa shape index (κ1) is 19.1. The molecule has 1 saturated carbocycles. The number of benzene rings is 3. The highest BCUT2D eigenvalue weighted by Gasteiger charge is 2.53. The first-order valence-corrected chi connectivity index (χ1v) is 9.99. The van der Waals surface area contributed by atoms with Gasteiger partial charge in [-0.2, -0.15) is 0 Å². The predicted octanol–water partition coefficient (Wildman–Crippen LogP) is 5.96. The fourth-order valence-electron chi connectivity index (χ4n) is 3.94. The number of Topliss-reactive ketones (excluding diaryl/α,β-unsaturated/α-hetero) is 1. The Morgan fingerprint density at radius 1 is 0.724 bits per heavy atom. The Morgan fingerprint density at radius 3 is 1.86 bits per heavy atom. The Bertz CT molecular complexity index is 1040. The van der Waals surface area contributed by atoms with Crippen LogP contribution in [-0.2, 0) is 0 Å². The van der Waals surface area contributed by atoms with Gasteiger partial charge >= 0.3 is 0 Å². The first-order chi connectivity index (χ1) is 14.0. The molecule has 0 aliphatic heterocycles. The van der Waals surface area contributed by atoms with Crippen LogP contribution < -0.4 is 0 Å². The summed E-state index contributed by atoms with van der Waals surface area (Å²) in [7, 11) is 0. The van der Waals surface area contributed by atoms with E-state index >= 15 is 0 Å². The molecule has 0 bridgehead atoms. The smallest absolute Gasteiger partial charge is 0.185 e. The van der Waals surface area contributed by atoms with E-state index in [-0.39, 0.29) is 29.3 Å². The van der Waals surface area contributed by atoms with Gasteiger partial charge < -0.3 is 0 Å². The molecule has 0 N–H and O–H groups in total. The van der Waals surface area contributed by atoms with E-state index < -0.39 is 0 Å². The predicted molar refractivity (Wildman–Crippen MR) is 116 cm³/mol. The standard InChI is InChI=1S/C27H24O2/c1-18-8-12-20(13-9-18)24(28)17-16-23-25(21-6-4-3-5-7-21)26(23)27(29)22-14-10-19(2)11-15-22/h3-17,23,25-26H,1-2H3/b17-16+/t23-,25-,26-/m1/s1. The van der Waals surface area contributed by atoms with Crippen LogP contribution in [0.25, 0.3) is 0 Å². The minimum atomic E-state index is -0.123. The van der Waals surface area contributed by atoms with Gasteiger partial charge in [-0.3, -0.25) is 9.59 Å². The van der Waals surface area contributed by atoms with Gasteiger partial charge in [-0.15, -0.1) is 0 Å². The quantitative estimate of drug-likeness (QED) is 0.391. The summed E-state index contributed by atoms with van der Waals surface area (Å²) >= 11 is 0. The molecule has 3 atom stereocenters. The van der Waals surface area contributed by atoms with Crippen molar-refractivity contribution in [3.05, 3.63) is 119 Å². The lowest BCUT2D eigenvalue weighted by Crippen LogP contribution is -2.04. The van der Waals surface area contributed by atoms with Crippen molar-refractivity contribution in [3.63, 3.8) is 0 Å². The highest BCUT2D eigenvalue weighted by molar-refractivity contribution is 6.05. The number of carbonyl (C=O) groups is 2. The molecule has 1 aliphatic carbocycles. The summed E-state index contributed by atoms with van der Waals surface area (Å²) in [5.41, 5.74) is 4.82. The number of allylic oxidation sites excluding steroid dienone is 2. The fourth-order valence-corrected chi connectivity index (χ4v) is 3.94. The van der Waals surface area contributed by atoms with Crippen LogP contribution in [-0.4, -0.2) is 11.6 Å². The van der Waals surface area contributed by atoms with Gasteiger partial charge in [-0.25, -0.2) is 0 Å². The van der Waals surface area contributed by atoms with Gasteiger partial charge in [0.15, 0.2) is 11.6 Å². The minimum Gasteiger partial charge on any atom is -0.294 e. The number of rotatable bonds is 6. The van der Waals surface area contributed by atoms with E-state index in [0.717, 1.165) is 22.3 Å². The molecule has 0 aromatic heterocycles. The van der Waals surface area contributed by atoms with E-state index in [1.54, 1.807) is 6.08 Å². The van der Waals surface area contributed by atoms with E-state index in [4.69, 9.17) is 0 Å². The lowest BCUT2D eigenvalue weighted by Gasteiger charge is -2.01. The Balaban J connectivity index is 1.57. The van der Waals surface area contributed by atoms with Crippen LogP contribution >= 0.6 is 0 Å². The highest BCUT2D eigenvalue weighted by Crippen LogP contribution is 2.56. The van der Waals surface area contributed by atoms with Gasteiger partial charge in [-0.05, 0) is 31.4 Å². The Morgan fingerprint density at radius 2 is 1.28 bits per heavy atom. The van der Waals surface area contributed by atoms with Crippen LogP contribution in [0.4, 0.5) is 0 Å². The van der Waals surface area contributed by atoms with E-state index in [1.807, 2.05) is 86.7 Å². The third kappa shape index (κ3) is 4.12. The zero-order chi connectivity index (χ0) is 20.4. The van der Waals surface area contributed by atoms with E-state index in [0.29, 0.717) is 5.56 Å². The number of ketones is 2. The summed E-state index contributed by atoms with van der Waals surface area (Å²) in [6, 6.07) is 25.4. The maximum atomic E-state index is 13.1. The Hall–Kier alpha value is -3.26. The molecule has 2 heteroatoms. The van der Waals surface area contributed by atoms with Crippen molar-refractivity contribution in [2.24, 2.45) is 11.8 Å². The van der Waals surface area contributed by atoms with Crippen molar-refractivity contribution in [1.29, 1.82) is 0 Å². The zero-order valence-corrected chi connectivity index (χ0v) is 16.7. The summed E-state index contributed by atoms with van der Waals surface area (Å²) in [6.45, 7) is 4.01. The molecule has 0 amide bonds. The van der Waals surface area contributed by atoms with E-state index in [9.17, 15) is 9.59 Å². The van der Waals surface area contributed by atoms with Crippen LogP contribution in [0, 0.1) is 25.7 Å². The second-order valence-corrected chi connectivity index (χ2v) is 7.86. The molecule has 29 heavy (non-hydrogen) atoms. The summed E-state index contributed by atoms with van der Waals surface area (Å²) in [4.78, 5) is 25.7. The summed E-state index contributed by atoms with van der Waals surface area (Å²) in [5, 5.41) is 0. The number of hydrogen-bond acceptors (Lipinski definition) is 2. The average molecular weight is 380 g/mol. The molecule has 0 spiro atoms. The summed E-state index contributed by atoms with van der Waals surface area (Å²) in [5.74, 6) is 0.163. The van der Waals surface area contributed by atoms with Gasteiger partial charge in [0.1, 0.15) is 0 Å². The molecular weight excluding hydrogens is 356 g/mol. The van der Waals surface area contributed by atoms with Crippen LogP contribution in [0.3, 0.4) is 0 Å². The van der Waals surface area contributed by atoms with E-state index in [1.165, 1.54) is 0 Å². The van der Waals surface area contributed by atoms with Crippen molar-refractivity contribution in [1.82, 2.24) is 0 Å². The maximum absolute atomic E-state index is 13.1. The minimum absolute atomic E-state index is 0.0229. The maximum Gasteiger partial charge on any atom is 0.185 e. The zero-order valence-electron chi connectivity index (χ0n) is 16.7. The Kier molecular flexibility index (Phi) is 5.26. The molecule has 1 aliphatic rings. The molecule has 0 heterocycles. The van der Waals surface area contributed by atoms with Crippen molar-refractivity contribution < 1.29 is 9.59 Å². The number of carbonyl (C=O) groups excluding carboxylic acids is 2. The molecule has 0 saturated heterocycles. The molecule has 4 rings (SSSR count). The third-order valence-corrected chi connectivity index (χ3v) is 5.70. The molecular formula is C27H24O2. The molecule has 3 aromatic carbocycles. The molecule has 0 radical (unpaired) electrons. The third-order valence-electron chi connectivity index (χ3n) is 5.70. The highest BCUT2D eigenvalue weighted by atomic mass is 16.1. The van der Waals surface area contributed by atoms with Crippen LogP contribution in [0.1, 0.15) is 43.3 Å². The first-order valence-electron chi connectivity index (χ1n) is 9.99. The van der Waals surface area contributed by atoms with Crippen molar-refractivity contribution in [2.75, 3.05) is 0 Å². The van der Waals surface area contributed by atoms with Crippen molar-refractivity contribution >= 4 is 11.6 Å². The van der Waals surface area contributed by atoms with Crippen molar-refractivity contribution in [2.45, 2.75) is 19.8 Å². The number of hydrogen-bond donors (Lipinski definition) is 0. The second kappa shape index (κ2) is 8.00. The van der Waals surface area contributed by atoms with Gasteiger partial charge in [-0.1, -0.05) is 96.1 Å². The molecule has 0 unspecified atom stereocenters. The van der Waals surface area contributed by atoms with Gasteiger partial charge in [0, 0.05) is 23.0 Å².